The maximum Gasteiger partial charge on any atom is 0.228 e. The summed E-state index contributed by atoms with van der Waals surface area (Å²) >= 11 is 3.40. The first-order valence-corrected chi connectivity index (χ1v) is 5.20. The topological polar surface area (TPSA) is 31.4 Å². The van der Waals surface area contributed by atoms with Gasteiger partial charge in [-0.2, -0.15) is 0 Å². The second-order valence-electron chi connectivity index (χ2n) is 3.18. The van der Waals surface area contributed by atoms with Crippen molar-refractivity contribution in [1.29, 1.82) is 0 Å². The van der Waals surface area contributed by atoms with Crippen molar-refractivity contribution in [2.75, 3.05) is 13.7 Å². The van der Waals surface area contributed by atoms with Gasteiger partial charge in [0.15, 0.2) is 0 Å². The first-order valence-electron chi connectivity index (χ1n) is 4.41. The highest BCUT2D eigenvalue weighted by Crippen LogP contribution is 2.23. The Morgan fingerprint density at radius 1 is 1.57 bits per heavy atom. The van der Waals surface area contributed by atoms with Crippen molar-refractivity contribution in [1.82, 2.24) is 4.98 Å². The van der Waals surface area contributed by atoms with E-state index in [9.17, 15) is 0 Å². The number of methoxy groups -OCH3 is 1. The van der Waals surface area contributed by atoms with Crippen molar-refractivity contribution in [3.63, 3.8) is 0 Å². The summed E-state index contributed by atoms with van der Waals surface area (Å²) in [5.74, 6) is 0.611. The highest BCUT2D eigenvalue weighted by molar-refractivity contribution is 9.10. The fourth-order valence-corrected chi connectivity index (χ4v) is 1.62. The lowest BCUT2D eigenvalue weighted by atomic mass is 10.3. The minimum Gasteiger partial charge on any atom is -0.471 e. The molecule has 0 aliphatic carbocycles. The molecule has 1 atom stereocenters. The third-order valence-corrected chi connectivity index (χ3v) is 2.23. The van der Waals surface area contributed by atoms with Crippen LogP contribution in [0.25, 0.3) is 0 Å². The van der Waals surface area contributed by atoms with E-state index in [2.05, 4.69) is 20.9 Å². The Morgan fingerprint density at radius 3 is 2.86 bits per heavy atom. The Balaban J connectivity index is 2.67. The molecule has 1 aromatic rings. The second-order valence-corrected chi connectivity index (χ2v) is 4.04. The van der Waals surface area contributed by atoms with Gasteiger partial charge >= 0.3 is 0 Å². The summed E-state index contributed by atoms with van der Waals surface area (Å²) in [6, 6.07) is 1.97. The Kier molecular flexibility index (Phi) is 4.35. The predicted octanol–water partition coefficient (Wildman–Crippen LogP) is 2.57. The average Bonchev–Trinajstić information content (AvgIpc) is 2.10. The molecule has 0 bridgehead atoms. The lowest BCUT2D eigenvalue weighted by Gasteiger charge is -2.13. The molecule has 0 saturated carbocycles. The van der Waals surface area contributed by atoms with Gasteiger partial charge in [0, 0.05) is 13.3 Å². The molecule has 0 N–H and O–H groups in total. The largest absolute Gasteiger partial charge is 0.471 e. The smallest absolute Gasteiger partial charge is 0.228 e. The second kappa shape index (κ2) is 5.32. The Hall–Kier alpha value is -0.610. The van der Waals surface area contributed by atoms with Crippen LogP contribution in [0.3, 0.4) is 0 Å². The van der Waals surface area contributed by atoms with E-state index >= 15 is 0 Å². The number of pyridine rings is 1. The van der Waals surface area contributed by atoms with Crippen LogP contribution >= 0.6 is 15.9 Å². The van der Waals surface area contributed by atoms with Gasteiger partial charge in [-0.3, -0.25) is 0 Å². The molecule has 3 nitrogen and oxygen atoms in total. The SMILES string of the molecule is COCC(C)Oc1ncc(C)cc1Br. The number of ether oxygens (including phenoxy) is 2. The number of halogens is 1. The maximum absolute atomic E-state index is 5.56. The summed E-state index contributed by atoms with van der Waals surface area (Å²) in [4.78, 5) is 4.18. The van der Waals surface area contributed by atoms with Crippen molar-refractivity contribution in [3.05, 3.63) is 22.3 Å². The highest BCUT2D eigenvalue weighted by atomic mass is 79.9. The van der Waals surface area contributed by atoms with Crippen molar-refractivity contribution >= 4 is 15.9 Å². The van der Waals surface area contributed by atoms with Crippen molar-refractivity contribution in [2.45, 2.75) is 20.0 Å². The Bertz CT molecular complexity index is 304. The molecule has 1 unspecified atom stereocenters. The fourth-order valence-electron chi connectivity index (χ4n) is 1.07. The lowest BCUT2D eigenvalue weighted by molar-refractivity contribution is 0.0884. The van der Waals surface area contributed by atoms with Gasteiger partial charge in [0.25, 0.3) is 0 Å². The van der Waals surface area contributed by atoms with Gasteiger partial charge in [-0.15, -0.1) is 0 Å². The van der Waals surface area contributed by atoms with Crippen LogP contribution in [-0.4, -0.2) is 24.8 Å². The van der Waals surface area contributed by atoms with Crippen molar-refractivity contribution in [3.8, 4) is 5.88 Å². The summed E-state index contributed by atoms with van der Waals surface area (Å²) in [6.07, 6.45) is 1.78. The van der Waals surface area contributed by atoms with Crippen LogP contribution < -0.4 is 4.74 Å². The molecule has 0 saturated heterocycles. The van der Waals surface area contributed by atoms with Gasteiger partial charge in [0.2, 0.25) is 5.88 Å². The van der Waals surface area contributed by atoms with Gasteiger partial charge in [0.1, 0.15) is 6.10 Å². The van der Waals surface area contributed by atoms with E-state index in [1.807, 2.05) is 19.9 Å². The van der Waals surface area contributed by atoms with Crippen LogP contribution in [0.4, 0.5) is 0 Å². The summed E-state index contributed by atoms with van der Waals surface area (Å²) in [5, 5.41) is 0. The van der Waals surface area contributed by atoms with Crippen molar-refractivity contribution in [2.24, 2.45) is 0 Å². The standard InChI is InChI=1S/C10H14BrNO2/c1-7-4-9(11)10(12-5-7)14-8(2)6-13-3/h4-5,8H,6H2,1-3H3. The van der Waals surface area contributed by atoms with Crippen LogP contribution in [0, 0.1) is 6.92 Å². The fraction of sp³-hybridized carbons (Fsp3) is 0.500. The van der Waals surface area contributed by atoms with Gasteiger partial charge in [0.05, 0.1) is 11.1 Å². The number of rotatable bonds is 4. The van der Waals surface area contributed by atoms with Crippen LogP contribution in [0.1, 0.15) is 12.5 Å². The van der Waals surface area contributed by atoms with E-state index in [1.165, 1.54) is 0 Å². The summed E-state index contributed by atoms with van der Waals surface area (Å²) in [6.45, 7) is 4.49. The van der Waals surface area contributed by atoms with E-state index in [-0.39, 0.29) is 6.10 Å². The van der Waals surface area contributed by atoms with Crippen LogP contribution in [0.15, 0.2) is 16.7 Å². The molecule has 78 valence electrons. The minimum absolute atomic E-state index is 0.00602. The molecule has 1 heterocycles. The molecule has 0 aliphatic heterocycles. The van der Waals surface area contributed by atoms with Crippen LogP contribution in [0.2, 0.25) is 0 Å². The zero-order chi connectivity index (χ0) is 10.6. The van der Waals surface area contributed by atoms with Gasteiger partial charge in [-0.05, 0) is 41.4 Å². The van der Waals surface area contributed by atoms with Gasteiger partial charge in [-0.1, -0.05) is 0 Å². The number of nitrogens with zero attached hydrogens (tertiary/aromatic N) is 1. The van der Waals surface area contributed by atoms with Crippen molar-refractivity contribution < 1.29 is 9.47 Å². The Labute approximate surface area is 92.6 Å². The van der Waals surface area contributed by atoms with E-state index in [1.54, 1.807) is 13.3 Å². The molecule has 1 aromatic heterocycles. The zero-order valence-corrected chi connectivity index (χ0v) is 10.2. The molecule has 0 aliphatic rings. The van der Waals surface area contributed by atoms with E-state index < -0.39 is 0 Å². The molecule has 14 heavy (non-hydrogen) atoms. The Morgan fingerprint density at radius 2 is 2.29 bits per heavy atom. The lowest BCUT2D eigenvalue weighted by Crippen LogP contribution is -2.18. The molecule has 0 radical (unpaired) electrons. The molecule has 0 spiro atoms. The third-order valence-electron chi connectivity index (χ3n) is 1.66. The summed E-state index contributed by atoms with van der Waals surface area (Å²) in [5.41, 5.74) is 1.10. The number of hydrogen-bond donors (Lipinski definition) is 0. The third kappa shape index (κ3) is 3.27. The van der Waals surface area contributed by atoms with Gasteiger partial charge in [-0.25, -0.2) is 4.98 Å². The molecule has 0 aromatic carbocycles. The predicted molar refractivity (Wildman–Crippen MR) is 58.6 cm³/mol. The van der Waals surface area contributed by atoms with Gasteiger partial charge < -0.3 is 9.47 Å². The zero-order valence-electron chi connectivity index (χ0n) is 8.58. The molecule has 0 fully saturated rings. The first-order chi connectivity index (χ1) is 6.63. The number of hydrogen-bond acceptors (Lipinski definition) is 3. The first kappa shape index (κ1) is 11.5. The van der Waals surface area contributed by atoms with Crippen LogP contribution in [-0.2, 0) is 4.74 Å². The molecule has 0 amide bonds. The molecule has 4 heteroatoms. The van der Waals surface area contributed by atoms with E-state index in [0.717, 1.165) is 10.0 Å². The molecular formula is C10H14BrNO2. The monoisotopic (exact) mass is 259 g/mol. The molecule has 1 rings (SSSR count). The number of aryl methyl sites for hydroxylation is 1. The average molecular weight is 260 g/mol. The molecular weight excluding hydrogens is 246 g/mol. The minimum atomic E-state index is 0.00602. The highest BCUT2D eigenvalue weighted by Gasteiger charge is 2.07. The summed E-state index contributed by atoms with van der Waals surface area (Å²) in [7, 11) is 1.65. The van der Waals surface area contributed by atoms with E-state index in [4.69, 9.17) is 9.47 Å². The van der Waals surface area contributed by atoms with Crippen LogP contribution in [0.5, 0.6) is 5.88 Å². The number of aromatic nitrogens is 1. The quantitative estimate of drug-likeness (QED) is 0.833. The maximum atomic E-state index is 5.56. The van der Waals surface area contributed by atoms with E-state index in [0.29, 0.717) is 12.5 Å². The normalized spacial score (nSPS) is 12.6. The summed E-state index contributed by atoms with van der Waals surface area (Å²) < 4.78 is 11.4.